The summed E-state index contributed by atoms with van der Waals surface area (Å²) in [6.07, 6.45) is 2.68. The first-order valence-electron chi connectivity index (χ1n) is 12.2. The molecule has 3 aromatic carbocycles. The van der Waals surface area contributed by atoms with Crippen molar-refractivity contribution in [3.63, 3.8) is 0 Å². The van der Waals surface area contributed by atoms with Gasteiger partial charge >= 0.3 is 0 Å². The maximum absolute atomic E-state index is 13.6. The summed E-state index contributed by atoms with van der Waals surface area (Å²) in [7, 11) is 0. The SMILES string of the molecule is O=C(C1CCN(Cc2ccc3c(c2)OCO3)CC1)N(CCc1ccccc1)Cc1ccccc1. The van der Waals surface area contributed by atoms with Crippen LogP contribution >= 0.6 is 0 Å². The van der Waals surface area contributed by atoms with Crippen molar-refractivity contribution in [3.05, 3.63) is 95.6 Å². The first-order chi connectivity index (χ1) is 16.7. The van der Waals surface area contributed by atoms with Gasteiger partial charge in [0.2, 0.25) is 12.7 Å². The fourth-order valence-electron chi connectivity index (χ4n) is 4.87. The summed E-state index contributed by atoms with van der Waals surface area (Å²) < 4.78 is 10.9. The molecular weight excluding hydrogens is 424 g/mol. The number of benzene rings is 3. The predicted octanol–water partition coefficient (Wildman–Crippen LogP) is 4.90. The highest BCUT2D eigenvalue weighted by Crippen LogP contribution is 2.33. The third-order valence-electron chi connectivity index (χ3n) is 6.82. The summed E-state index contributed by atoms with van der Waals surface area (Å²) in [5, 5.41) is 0. The van der Waals surface area contributed by atoms with Crippen molar-refractivity contribution in [2.75, 3.05) is 26.4 Å². The zero-order chi connectivity index (χ0) is 23.2. The van der Waals surface area contributed by atoms with Crippen LogP contribution in [0.1, 0.15) is 29.5 Å². The summed E-state index contributed by atoms with van der Waals surface area (Å²) in [6, 6.07) is 26.9. The number of ether oxygens (including phenoxy) is 2. The quantitative estimate of drug-likeness (QED) is 0.484. The van der Waals surface area contributed by atoms with Gasteiger partial charge in [0.25, 0.3) is 0 Å². The minimum atomic E-state index is 0.0903. The normalized spacial score (nSPS) is 15.9. The molecule has 5 rings (SSSR count). The van der Waals surface area contributed by atoms with Gasteiger partial charge in [-0.25, -0.2) is 0 Å². The second-order valence-corrected chi connectivity index (χ2v) is 9.22. The number of nitrogens with zero attached hydrogens (tertiary/aromatic N) is 2. The van der Waals surface area contributed by atoms with E-state index in [9.17, 15) is 4.79 Å². The third-order valence-corrected chi connectivity index (χ3v) is 6.82. The highest BCUT2D eigenvalue weighted by atomic mass is 16.7. The number of fused-ring (bicyclic) bond motifs is 1. The Hall–Kier alpha value is -3.31. The predicted molar refractivity (Wildman–Crippen MR) is 133 cm³/mol. The van der Waals surface area contributed by atoms with E-state index in [2.05, 4.69) is 58.3 Å². The minimum absolute atomic E-state index is 0.0903. The van der Waals surface area contributed by atoms with Gasteiger partial charge in [-0.2, -0.15) is 0 Å². The van der Waals surface area contributed by atoms with Crippen molar-refractivity contribution in [1.82, 2.24) is 9.80 Å². The molecule has 0 saturated carbocycles. The van der Waals surface area contributed by atoms with Gasteiger partial charge in [0.15, 0.2) is 11.5 Å². The Morgan fingerprint density at radius 2 is 1.50 bits per heavy atom. The molecule has 0 unspecified atom stereocenters. The molecule has 0 aromatic heterocycles. The van der Waals surface area contributed by atoms with Gasteiger partial charge in [-0.3, -0.25) is 9.69 Å². The van der Waals surface area contributed by atoms with Crippen molar-refractivity contribution in [2.45, 2.75) is 32.4 Å². The van der Waals surface area contributed by atoms with E-state index < -0.39 is 0 Å². The number of piperidine rings is 1. The average molecular weight is 457 g/mol. The molecule has 176 valence electrons. The molecule has 0 atom stereocenters. The number of hydrogen-bond acceptors (Lipinski definition) is 4. The molecule has 2 aliphatic rings. The zero-order valence-electron chi connectivity index (χ0n) is 19.6. The smallest absolute Gasteiger partial charge is 0.231 e. The van der Waals surface area contributed by atoms with Gasteiger partial charge in [0.05, 0.1) is 0 Å². The number of carbonyl (C=O) groups excluding carboxylic acids is 1. The first kappa shape index (κ1) is 22.5. The molecule has 3 aromatic rings. The molecule has 1 saturated heterocycles. The maximum Gasteiger partial charge on any atom is 0.231 e. The molecule has 0 spiro atoms. The number of rotatable bonds is 8. The highest BCUT2D eigenvalue weighted by molar-refractivity contribution is 5.79. The zero-order valence-corrected chi connectivity index (χ0v) is 19.6. The Morgan fingerprint density at radius 1 is 0.824 bits per heavy atom. The van der Waals surface area contributed by atoms with Gasteiger partial charge < -0.3 is 14.4 Å². The molecule has 0 N–H and O–H groups in total. The van der Waals surface area contributed by atoms with Crippen LogP contribution in [0.15, 0.2) is 78.9 Å². The van der Waals surface area contributed by atoms with E-state index in [1.807, 2.05) is 30.3 Å². The van der Waals surface area contributed by atoms with Crippen molar-refractivity contribution in [2.24, 2.45) is 5.92 Å². The summed E-state index contributed by atoms with van der Waals surface area (Å²) in [5.74, 6) is 2.04. The molecule has 2 heterocycles. The fourth-order valence-corrected chi connectivity index (χ4v) is 4.87. The lowest BCUT2D eigenvalue weighted by molar-refractivity contribution is -0.137. The van der Waals surface area contributed by atoms with Gasteiger partial charge in [-0.1, -0.05) is 66.7 Å². The van der Waals surface area contributed by atoms with E-state index in [1.165, 1.54) is 16.7 Å². The standard InChI is InChI=1S/C29H32N2O3/c32-29(31(21-24-9-5-2-6-10-24)18-13-23-7-3-1-4-8-23)26-14-16-30(17-15-26)20-25-11-12-27-28(19-25)34-22-33-27/h1-12,19,26H,13-18,20-22H2. The molecular formula is C29H32N2O3. The molecule has 34 heavy (non-hydrogen) atoms. The van der Waals surface area contributed by atoms with E-state index >= 15 is 0 Å². The summed E-state index contributed by atoms with van der Waals surface area (Å²) >= 11 is 0. The van der Waals surface area contributed by atoms with Crippen LogP contribution in [-0.4, -0.2) is 42.1 Å². The van der Waals surface area contributed by atoms with Gasteiger partial charge in [0, 0.05) is 25.6 Å². The number of likely N-dealkylation sites (tertiary alicyclic amines) is 1. The highest BCUT2D eigenvalue weighted by Gasteiger charge is 2.29. The van der Waals surface area contributed by atoms with E-state index in [0.717, 1.165) is 56.9 Å². The molecule has 0 radical (unpaired) electrons. The lowest BCUT2D eigenvalue weighted by Gasteiger charge is -2.34. The third kappa shape index (κ3) is 5.60. The van der Waals surface area contributed by atoms with Crippen LogP contribution in [0.2, 0.25) is 0 Å². The minimum Gasteiger partial charge on any atom is -0.454 e. The summed E-state index contributed by atoms with van der Waals surface area (Å²) in [5.41, 5.74) is 3.68. The Balaban J connectivity index is 1.19. The van der Waals surface area contributed by atoms with Gasteiger partial charge in [0.1, 0.15) is 0 Å². The Labute approximate surface area is 201 Å². The van der Waals surface area contributed by atoms with E-state index in [0.29, 0.717) is 19.2 Å². The molecule has 0 bridgehead atoms. The lowest BCUT2D eigenvalue weighted by atomic mass is 9.94. The van der Waals surface area contributed by atoms with Crippen LogP contribution in [0.4, 0.5) is 0 Å². The number of amides is 1. The first-order valence-corrected chi connectivity index (χ1v) is 12.2. The van der Waals surface area contributed by atoms with E-state index in [-0.39, 0.29) is 5.92 Å². The van der Waals surface area contributed by atoms with Crippen LogP contribution in [0.5, 0.6) is 11.5 Å². The molecule has 1 fully saturated rings. The molecule has 5 heteroatoms. The number of carbonyl (C=O) groups is 1. The molecule has 1 amide bonds. The largest absolute Gasteiger partial charge is 0.454 e. The van der Waals surface area contributed by atoms with E-state index in [4.69, 9.17) is 9.47 Å². The van der Waals surface area contributed by atoms with Crippen LogP contribution in [0, 0.1) is 5.92 Å². The summed E-state index contributed by atoms with van der Waals surface area (Å²) in [6.45, 7) is 4.46. The fraction of sp³-hybridized carbons (Fsp3) is 0.345. The molecule has 2 aliphatic heterocycles. The Kier molecular flexibility index (Phi) is 7.10. The van der Waals surface area contributed by atoms with Crippen LogP contribution in [0.3, 0.4) is 0 Å². The summed E-state index contributed by atoms with van der Waals surface area (Å²) in [4.78, 5) is 18.1. The van der Waals surface area contributed by atoms with Crippen molar-refractivity contribution in [1.29, 1.82) is 0 Å². The van der Waals surface area contributed by atoms with Crippen molar-refractivity contribution < 1.29 is 14.3 Å². The van der Waals surface area contributed by atoms with Crippen LogP contribution in [-0.2, 0) is 24.3 Å². The Morgan fingerprint density at radius 3 is 2.24 bits per heavy atom. The maximum atomic E-state index is 13.6. The topological polar surface area (TPSA) is 42.0 Å². The van der Waals surface area contributed by atoms with E-state index in [1.54, 1.807) is 0 Å². The Bertz CT molecular complexity index is 1080. The van der Waals surface area contributed by atoms with Crippen molar-refractivity contribution in [3.8, 4) is 11.5 Å². The number of hydrogen-bond donors (Lipinski definition) is 0. The average Bonchev–Trinajstić information content (AvgIpc) is 3.36. The monoisotopic (exact) mass is 456 g/mol. The van der Waals surface area contributed by atoms with Crippen LogP contribution in [0.25, 0.3) is 0 Å². The molecule has 5 nitrogen and oxygen atoms in total. The lowest BCUT2D eigenvalue weighted by Crippen LogP contribution is -2.42. The van der Waals surface area contributed by atoms with Gasteiger partial charge in [-0.15, -0.1) is 0 Å². The molecule has 0 aliphatic carbocycles. The second-order valence-electron chi connectivity index (χ2n) is 9.22. The van der Waals surface area contributed by atoms with Crippen LogP contribution < -0.4 is 9.47 Å². The van der Waals surface area contributed by atoms with Crippen molar-refractivity contribution >= 4 is 5.91 Å². The second kappa shape index (κ2) is 10.7. The van der Waals surface area contributed by atoms with Gasteiger partial charge in [-0.05, 0) is 61.2 Å².